The van der Waals surface area contributed by atoms with Gasteiger partial charge in [0.05, 0.1) is 0 Å². The van der Waals surface area contributed by atoms with E-state index in [4.69, 9.17) is 0 Å². The number of nitrogens with one attached hydrogen (secondary N) is 1. The van der Waals surface area contributed by atoms with Crippen molar-refractivity contribution in [2.45, 2.75) is 20.8 Å². The summed E-state index contributed by atoms with van der Waals surface area (Å²) in [7, 11) is 1.91. The lowest BCUT2D eigenvalue weighted by Gasteiger charge is -2.05. The van der Waals surface area contributed by atoms with Crippen LogP contribution in [0.4, 0.5) is 0 Å². The van der Waals surface area contributed by atoms with E-state index in [1.54, 1.807) is 0 Å². The SMILES string of the molecule is C=C(C)/C(=C\C(C)=C/C)NC. The maximum atomic E-state index is 3.86. The topological polar surface area (TPSA) is 12.0 Å². The molecule has 0 atom stereocenters. The van der Waals surface area contributed by atoms with Gasteiger partial charge >= 0.3 is 0 Å². The van der Waals surface area contributed by atoms with Gasteiger partial charge < -0.3 is 5.32 Å². The van der Waals surface area contributed by atoms with Gasteiger partial charge in [-0.1, -0.05) is 18.2 Å². The lowest BCUT2D eigenvalue weighted by molar-refractivity contribution is 0.997. The lowest BCUT2D eigenvalue weighted by Crippen LogP contribution is -2.06. The van der Waals surface area contributed by atoms with Crippen molar-refractivity contribution < 1.29 is 0 Å². The summed E-state index contributed by atoms with van der Waals surface area (Å²) in [5.74, 6) is 0. The van der Waals surface area contributed by atoms with E-state index in [0.717, 1.165) is 11.3 Å². The third kappa shape index (κ3) is 3.66. The molecular formula is C10H17N. The first-order valence-corrected chi connectivity index (χ1v) is 3.80. The normalized spacial score (nSPS) is 13.1. The van der Waals surface area contributed by atoms with Crippen LogP contribution in [0.3, 0.4) is 0 Å². The second kappa shape index (κ2) is 4.78. The Morgan fingerprint density at radius 1 is 1.36 bits per heavy atom. The van der Waals surface area contributed by atoms with E-state index in [2.05, 4.69) is 31.0 Å². The molecule has 0 aromatic heterocycles. The Labute approximate surface area is 69.5 Å². The second-order valence-electron chi connectivity index (χ2n) is 2.62. The molecule has 1 heteroatoms. The van der Waals surface area contributed by atoms with Crippen LogP contribution in [0.2, 0.25) is 0 Å². The number of rotatable bonds is 3. The van der Waals surface area contributed by atoms with Crippen LogP contribution >= 0.6 is 0 Å². The molecule has 0 aromatic carbocycles. The summed E-state index contributed by atoms with van der Waals surface area (Å²) in [6.45, 7) is 9.94. The van der Waals surface area contributed by atoms with E-state index in [0.29, 0.717) is 0 Å². The summed E-state index contributed by atoms with van der Waals surface area (Å²) < 4.78 is 0. The molecule has 0 aliphatic rings. The van der Waals surface area contributed by atoms with E-state index in [9.17, 15) is 0 Å². The number of hydrogen-bond donors (Lipinski definition) is 1. The predicted molar refractivity (Wildman–Crippen MR) is 51.4 cm³/mol. The minimum atomic E-state index is 1.06. The molecule has 0 fully saturated rings. The second-order valence-corrected chi connectivity index (χ2v) is 2.62. The van der Waals surface area contributed by atoms with Crippen LogP contribution in [0.25, 0.3) is 0 Å². The van der Waals surface area contributed by atoms with Crippen molar-refractivity contribution in [3.8, 4) is 0 Å². The number of likely N-dealkylation sites (N-methyl/N-ethyl adjacent to an activating group) is 1. The fourth-order valence-corrected chi connectivity index (χ4v) is 0.720. The summed E-state index contributed by atoms with van der Waals surface area (Å²) in [6, 6.07) is 0. The predicted octanol–water partition coefficient (Wildman–Crippen LogP) is 2.63. The fourth-order valence-electron chi connectivity index (χ4n) is 0.720. The van der Waals surface area contributed by atoms with E-state index in [-0.39, 0.29) is 0 Å². The largest absolute Gasteiger partial charge is 0.388 e. The van der Waals surface area contributed by atoms with Gasteiger partial charge in [0.15, 0.2) is 0 Å². The Kier molecular flexibility index (Phi) is 4.35. The average Bonchev–Trinajstić information content (AvgIpc) is 1.99. The van der Waals surface area contributed by atoms with Crippen molar-refractivity contribution >= 4 is 0 Å². The summed E-state index contributed by atoms with van der Waals surface area (Å²) in [4.78, 5) is 0. The molecule has 0 heterocycles. The molecule has 0 rings (SSSR count). The molecule has 0 saturated carbocycles. The van der Waals surface area contributed by atoms with Gasteiger partial charge in [-0.15, -0.1) is 0 Å². The Balaban J connectivity index is 4.49. The molecule has 0 aliphatic carbocycles. The molecule has 62 valence electrons. The van der Waals surface area contributed by atoms with Crippen molar-refractivity contribution in [2.24, 2.45) is 0 Å². The molecule has 0 aromatic rings. The van der Waals surface area contributed by atoms with Gasteiger partial charge in [0, 0.05) is 12.7 Å². The summed E-state index contributed by atoms with van der Waals surface area (Å²) in [5, 5.41) is 3.09. The van der Waals surface area contributed by atoms with Crippen LogP contribution in [0, 0.1) is 0 Å². The molecule has 1 N–H and O–H groups in total. The zero-order valence-electron chi connectivity index (χ0n) is 7.86. The van der Waals surface area contributed by atoms with Crippen LogP contribution in [0.1, 0.15) is 20.8 Å². The fraction of sp³-hybridized carbons (Fsp3) is 0.400. The first-order chi connectivity index (χ1) is 5.11. The highest BCUT2D eigenvalue weighted by molar-refractivity contribution is 5.31. The zero-order chi connectivity index (χ0) is 8.85. The summed E-state index contributed by atoms with van der Waals surface area (Å²) in [5.41, 5.74) is 3.41. The number of hydrogen-bond acceptors (Lipinski definition) is 1. The first-order valence-electron chi connectivity index (χ1n) is 3.80. The Hall–Kier alpha value is -0.980. The highest BCUT2D eigenvalue weighted by Gasteiger charge is 1.92. The molecule has 1 nitrogen and oxygen atoms in total. The van der Waals surface area contributed by atoms with Gasteiger partial charge in [0.1, 0.15) is 0 Å². The van der Waals surface area contributed by atoms with Crippen molar-refractivity contribution in [1.82, 2.24) is 5.32 Å². The molecule has 0 aliphatic heterocycles. The van der Waals surface area contributed by atoms with Gasteiger partial charge in [-0.3, -0.25) is 0 Å². The van der Waals surface area contributed by atoms with E-state index >= 15 is 0 Å². The Morgan fingerprint density at radius 2 is 1.91 bits per heavy atom. The first kappa shape index (κ1) is 10.0. The molecule has 0 saturated heterocycles. The van der Waals surface area contributed by atoms with Gasteiger partial charge in [0.25, 0.3) is 0 Å². The number of allylic oxidation sites excluding steroid dienone is 4. The molecule has 0 bridgehead atoms. The maximum absolute atomic E-state index is 3.86. The lowest BCUT2D eigenvalue weighted by atomic mass is 10.1. The molecule has 0 radical (unpaired) electrons. The smallest absolute Gasteiger partial charge is 0.0363 e. The van der Waals surface area contributed by atoms with Crippen molar-refractivity contribution in [3.05, 3.63) is 35.6 Å². The van der Waals surface area contributed by atoms with Gasteiger partial charge in [-0.25, -0.2) is 0 Å². The van der Waals surface area contributed by atoms with Crippen LogP contribution in [-0.4, -0.2) is 7.05 Å². The van der Waals surface area contributed by atoms with E-state index in [1.165, 1.54) is 5.57 Å². The zero-order valence-corrected chi connectivity index (χ0v) is 7.86. The van der Waals surface area contributed by atoms with Gasteiger partial charge in [0.2, 0.25) is 0 Å². The van der Waals surface area contributed by atoms with Crippen molar-refractivity contribution in [3.63, 3.8) is 0 Å². The van der Waals surface area contributed by atoms with Gasteiger partial charge in [-0.05, 0) is 32.4 Å². The highest BCUT2D eigenvalue weighted by atomic mass is 14.8. The third-order valence-electron chi connectivity index (χ3n) is 1.56. The van der Waals surface area contributed by atoms with Crippen LogP contribution < -0.4 is 5.32 Å². The van der Waals surface area contributed by atoms with Crippen LogP contribution in [0.5, 0.6) is 0 Å². The van der Waals surface area contributed by atoms with Crippen molar-refractivity contribution in [2.75, 3.05) is 7.05 Å². The summed E-state index contributed by atoms with van der Waals surface area (Å²) in [6.07, 6.45) is 4.16. The van der Waals surface area contributed by atoms with E-state index in [1.807, 2.05) is 20.9 Å². The van der Waals surface area contributed by atoms with Crippen LogP contribution in [0.15, 0.2) is 35.6 Å². The molecule has 0 unspecified atom stereocenters. The minimum Gasteiger partial charge on any atom is -0.388 e. The third-order valence-corrected chi connectivity index (χ3v) is 1.56. The Bertz CT molecular complexity index is 197. The summed E-state index contributed by atoms with van der Waals surface area (Å²) >= 11 is 0. The minimum absolute atomic E-state index is 1.06. The Morgan fingerprint density at radius 3 is 2.18 bits per heavy atom. The highest BCUT2D eigenvalue weighted by Crippen LogP contribution is 2.05. The average molecular weight is 151 g/mol. The monoisotopic (exact) mass is 151 g/mol. The van der Waals surface area contributed by atoms with Crippen molar-refractivity contribution in [1.29, 1.82) is 0 Å². The standard InChI is InChI=1S/C10H17N/c1-6-9(4)7-10(11-5)8(2)3/h6-7,11H,2H2,1,3-5H3/b9-6-,10-7+. The quantitative estimate of drug-likeness (QED) is 0.611. The molecule has 0 spiro atoms. The molecular weight excluding hydrogens is 134 g/mol. The van der Waals surface area contributed by atoms with Gasteiger partial charge in [-0.2, -0.15) is 0 Å². The maximum Gasteiger partial charge on any atom is 0.0363 e. The molecule has 0 amide bonds. The van der Waals surface area contributed by atoms with Crippen LogP contribution in [-0.2, 0) is 0 Å². The van der Waals surface area contributed by atoms with E-state index < -0.39 is 0 Å². The molecule has 11 heavy (non-hydrogen) atoms.